The van der Waals surface area contributed by atoms with Crippen molar-refractivity contribution in [3.05, 3.63) is 40.4 Å². The van der Waals surface area contributed by atoms with Crippen molar-refractivity contribution in [1.82, 2.24) is 4.90 Å². The van der Waals surface area contributed by atoms with Crippen LogP contribution >= 0.6 is 11.6 Å². The van der Waals surface area contributed by atoms with Gasteiger partial charge in [-0.3, -0.25) is 4.79 Å². The van der Waals surface area contributed by atoms with Crippen molar-refractivity contribution in [1.29, 1.82) is 0 Å². The molecule has 0 unspecified atom stereocenters. The molecule has 0 fully saturated rings. The van der Waals surface area contributed by atoms with Gasteiger partial charge >= 0.3 is 0 Å². The molecule has 0 aliphatic carbocycles. The van der Waals surface area contributed by atoms with Crippen molar-refractivity contribution >= 4 is 23.6 Å². The average molecular weight is 282 g/mol. The van der Waals surface area contributed by atoms with Crippen molar-refractivity contribution < 1.29 is 9.90 Å². The molecule has 1 amide bonds. The molecule has 19 heavy (non-hydrogen) atoms. The minimum absolute atomic E-state index is 0.154. The van der Waals surface area contributed by atoms with Gasteiger partial charge in [-0.2, -0.15) is 0 Å². The standard InChI is InChI=1S/C15H20ClNO2/c1-11-5-6-12(9-13(11)16)7-8-14(18)17(4)10-15(2,3)19/h5-9,19H,10H2,1-4H3. The summed E-state index contributed by atoms with van der Waals surface area (Å²) in [5, 5.41) is 10.3. The van der Waals surface area contributed by atoms with Gasteiger partial charge in [0, 0.05) is 24.7 Å². The lowest BCUT2D eigenvalue weighted by Crippen LogP contribution is -2.38. The van der Waals surface area contributed by atoms with Crippen LogP contribution < -0.4 is 0 Å². The molecule has 3 nitrogen and oxygen atoms in total. The fourth-order valence-electron chi connectivity index (χ4n) is 1.67. The number of halogens is 1. The number of amides is 1. The maximum absolute atomic E-state index is 11.8. The summed E-state index contributed by atoms with van der Waals surface area (Å²) >= 11 is 6.02. The molecule has 0 heterocycles. The highest BCUT2D eigenvalue weighted by Crippen LogP contribution is 2.17. The molecule has 1 rings (SSSR count). The van der Waals surface area contributed by atoms with E-state index < -0.39 is 5.60 Å². The van der Waals surface area contributed by atoms with Crippen LogP contribution in [0.3, 0.4) is 0 Å². The van der Waals surface area contributed by atoms with Crippen LogP contribution in [-0.2, 0) is 4.79 Å². The predicted molar refractivity (Wildman–Crippen MR) is 79.2 cm³/mol. The monoisotopic (exact) mass is 281 g/mol. The smallest absolute Gasteiger partial charge is 0.246 e. The molecule has 0 bridgehead atoms. The van der Waals surface area contributed by atoms with E-state index in [1.165, 1.54) is 11.0 Å². The van der Waals surface area contributed by atoms with Crippen LogP contribution in [-0.4, -0.2) is 35.1 Å². The van der Waals surface area contributed by atoms with E-state index >= 15 is 0 Å². The Morgan fingerprint density at radius 3 is 2.63 bits per heavy atom. The van der Waals surface area contributed by atoms with Gasteiger partial charge in [-0.1, -0.05) is 23.7 Å². The van der Waals surface area contributed by atoms with Crippen LogP contribution in [0.2, 0.25) is 5.02 Å². The lowest BCUT2D eigenvalue weighted by Gasteiger charge is -2.24. The Hall–Kier alpha value is -1.32. The van der Waals surface area contributed by atoms with Crippen LogP contribution in [0.4, 0.5) is 0 Å². The quantitative estimate of drug-likeness (QED) is 0.862. The first-order valence-corrected chi connectivity index (χ1v) is 6.48. The van der Waals surface area contributed by atoms with Crippen molar-refractivity contribution in [3.63, 3.8) is 0 Å². The summed E-state index contributed by atoms with van der Waals surface area (Å²) in [4.78, 5) is 13.3. The second kappa shape index (κ2) is 6.22. The Balaban J connectivity index is 2.70. The minimum atomic E-state index is -0.897. The first kappa shape index (κ1) is 15.7. The van der Waals surface area contributed by atoms with E-state index in [0.717, 1.165) is 11.1 Å². The first-order valence-electron chi connectivity index (χ1n) is 6.11. The number of benzene rings is 1. The summed E-state index contributed by atoms with van der Waals surface area (Å²) in [6.07, 6.45) is 3.20. The number of carbonyl (C=O) groups is 1. The second-order valence-corrected chi connectivity index (χ2v) is 5.76. The SMILES string of the molecule is Cc1ccc(C=CC(=O)N(C)CC(C)(C)O)cc1Cl. The molecule has 1 aromatic rings. The molecule has 1 N–H and O–H groups in total. The zero-order valence-electron chi connectivity index (χ0n) is 11.8. The average Bonchev–Trinajstić information content (AvgIpc) is 2.28. The summed E-state index contributed by atoms with van der Waals surface area (Å²) in [6, 6.07) is 5.63. The third-order valence-corrected chi connectivity index (χ3v) is 3.02. The molecular formula is C15H20ClNO2. The highest BCUT2D eigenvalue weighted by atomic mass is 35.5. The number of hydrogen-bond donors (Lipinski definition) is 1. The molecule has 104 valence electrons. The van der Waals surface area contributed by atoms with Gasteiger partial charge in [0.05, 0.1) is 5.60 Å². The van der Waals surface area contributed by atoms with Gasteiger partial charge in [0.2, 0.25) is 5.91 Å². The Morgan fingerprint density at radius 2 is 2.11 bits per heavy atom. The van der Waals surface area contributed by atoms with E-state index in [2.05, 4.69) is 0 Å². The van der Waals surface area contributed by atoms with Gasteiger partial charge in [-0.15, -0.1) is 0 Å². The summed E-state index contributed by atoms with van der Waals surface area (Å²) < 4.78 is 0. The number of hydrogen-bond acceptors (Lipinski definition) is 2. The molecule has 0 aliphatic heterocycles. The predicted octanol–water partition coefficient (Wildman–Crippen LogP) is 2.89. The Morgan fingerprint density at radius 1 is 1.47 bits per heavy atom. The second-order valence-electron chi connectivity index (χ2n) is 5.35. The molecule has 0 saturated carbocycles. The molecule has 4 heteroatoms. The number of nitrogens with zero attached hydrogens (tertiary/aromatic N) is 1. The van der Waals surface area contributed by atoms with Crippen molar-refractivity contribution in [3.8, 4) is 0 Å². The number of carbonyl (C=O) groups excluding carboxylic acids is 1. The minimum Gasteiger partial charge on any atom is -0.389 e. The summed E-state index contributed by atoms with van der Waals surface area (Å²) in [7, 11) is 1.66. The molecule has 0 spiro atoms. The van der Waals surface area contributed by atoms with E-state index in [4.69, 9.17) is 11.6 Å². The number of aryl methyl sites for hydroxylation is 1. The van der Waals surface area contributed by atoms with E-state index in [1.807, 2.05) is 25.1 Å². The van der Waals surface area contributed by atoms with Gasteiger partial charge in [-0.05, 0) is 44.0 Å². The Labute approximate surface area is 119 Å². The van der Waals surface area contributed by atoms with Crippen molar-refractivity contribution in [2.45, 2.75) is 26.4 Å². The van der Waals surface area contributed by atoms with Crippen molar-refractivity contribution in [2.24, 2.45) is 0 Å². The van der Waals surface area contributed by atoms with Gasteiger partial charge in [0.15, 0.2) is 0 Å². The lowest BCUT2D eigenvalue weighted by molar-refractivity contribution is -0.127. The zero-order chi connectivity index (χ0) is 14.6. The van der Waals surface area contributed by atoms with Crippen LogP contribution in [0.25, 0.3) is 6.08 Å². The topological polar surface area (TPSA) is 40.5 Å². The molecule has 1 aromatic carbocycles. The van der Waals surface area contributed by atoms with E-state index in [9.17, 15) is 9.90 Å². The zero-order valence-corrected chi connectivity index (χ0v) is 12.5. The van der Waals surface area contributed by atoms with Crippen molar-refractivity contribution in [2.75, 3.05) is 13.6 Å². The highest BCUT2D eigenvalue weighted by Gasteiger charge is 2.17. The molecule has 0 aliphatic rings. The van der Waals surface area contributed by atoms with Gasteiger partial charge < -0.3 is 10.0 Å². The molecular weight excluding hydrogens is 262 g/mol. The largest absolute Gasteiger partial charge is 0.389 e. The molecule has 0 saturated heterocycles. The van der Waals surface area contributed by atoms with Crippen LogP contribution in [0.15, 0.2) is 24.3 Å². The normalized spacial score (nSPS) is 11.9. The lowest BCUT2D eigenvalue weighted by atomic mass is 10.1. The van der Waals surface area contributed by atoms with Crippen LogP contribution in [0, 0.1) is 6.92 Å². The molecule has 0 radical (unpaired) electrons. The maximum Gasteiger partial charge on any atom is 0.246 e. The van der Waals surface area contributed by atoms with E-state index in [0.29, 0.717) is 5.02 Å². The van der Waals surface area contributed by atoms with E-state index in [1.54, 1.807) is 27.0 Å². The fourth-order valence-corrected chi connectivity index (χ4v) is 1.85. The summed E-state index contributed by atoms with van der Waals surface area (Å²) in [5.41, 5.74) is 0.982. The number of rotatable bonds is 4. The first-order chi connectivity index (χ1) is 8.69. The number of aliphatic hydroxyl groups is 1. The number of likely N-dealkylation sites (N-methyl/N-ethyl adjacent to an activating group) is 1. The van der Waals surface area contributed by atoms with Crippen LogP contribution in [0.1, 0.15) is 25.0 Å². The summed E-state index contributed by atoms with van der Waals surface area (Å²) in [6.45, 7) is 5.55. The van der Waals surface area contributed by atoms with E-state index in [-0.39, 0.29) is 12.5 Å². The maximum atomic E-state index is 11.8. The fraction of sp³-hybridized carbons (Fsp3) is 0.400. The third-order valence-electron chi connectivity index (χ3n) is 2.61. The molecule has 0 atom stereocenters. The van der Waals surface area contributed by atoms with Gasteiger partial charge in [0.25, 0.3) is 0 Å². The molecule has 0 aromatic heterocycles. The van der Waals surface area contributed by atoms with Crippen LogP contribution in [0.5, 0.6) is 0 Å². The summed E-state index contributed by atoms with van der Waals surface area (Å²) in [5.74, 6) is -0.154. The van der Waals surface area contributed by atoms with Gasteiger partial charge in [-0.25, -0.2) is 0 Å². The Bertz CT molecular complexity index is 489. The third kappa shape index (κ3) is 5.45. The highest BCUT2D eigenvalue weighted by molar-refractivity contribution is 6.31. The Kier molecular flexibility index (Phi) is 5.15. The van der Waals surface area contributed by atoms with Gasteiger partial charge in [0.1, 0.15) is 0 Å².